The molecular weight excluding hydrogens is 370 g/mol. The number of aromatic nitrogens is 3. The molecule has 0 spiro atoms. The van der Waals surface area contributed by atoms with Gasteiger partial charge in [-0.05, 0) is 41.5 Å². The number of hydrogen-bond donors (Lipinski definition) is 1. The van der Waals surface area contributed by atoms with Gasteiger partial charge in [0.2, 0.25) is 0 Å². The molecule has 0 aliphatic rings. The lowest BCUT2D eigenvalue weighted by Crippen LogP contribution is -2.04. The van der Waals surface area contributed by atoms with E-state index in [4.69, 9.17) is 11.6 Å². The largest absolute Gasteiger partial charge is 0.507 e. The summed E-state index contributed by atoms with van der Waals surface area (Å²) in [4.78, 5) is 4.64. The molecule has 5 heteroatoms. The van der Waals surface area contributed by atoms with E-state index < -0.39 is 0 Å². The Labute approximate surface area is 168 Å². The normalized spacial score (nSPS) is 11.2. The number of para-hydroxylation sites is 1. The van der Waals surface area contributed by atoms with E-state index in [1.807, 2.05) is 78.9 Å². The third-order valence-electron chi connectivity index (χ3n) is 4.33. The molecule has 0 saturated carbocycles. The first kappa shape index (κ1) is 18.0. The lowest BCUT2D eigenvalue weighted by Gasteiger charge is -2.07. The lowest BCUT2D eigenvalue weighted by molar-refractivity contribution is 0.476. The van der Waals surface area contributed by atoms with Crippen molar-refractivity contribution in [1.29, 1.82) is 0 Å². The molecule has 0 atom stereocenters. The van der Waals surface area contributed by atoms with Crippen LogP contribution >= 0.6 is 11.6 Å². The average molecular weight is 388 g/mol. The standard InChI is InChI=1S/C23H18ClN3O/c24-20-12-6-4-10-18(20)14-15-22-25-23(19-11-5-7-13-21(19)28)27(26-22)16-17-8-2-1-3-9-17/h1-15,28H,16H2/b15-14+. The van der Waals surface area contributed by atoms with Crippen LogP contribution in [0.1, 0.15) is 17.0 Å². The minimum Gasteiger partial charge on any atom is -0.507 e. The van der Waals surface area contributed by atoms with Crippen LogP contribution in [-0.4, -0.2) is 19.9 Å². The Bertz CT molecular complexity index is 1120. The second-order valence-corrected chi connectivity index (χ2v) is 6.72. The molecule has 1 N–H and O–H groups in total. The SMILES string of the molecule is Oc1ccccc1-c1nc(/C=C/c2ccccc2Cl)nn1Cc1ccccc1. The van der Waals surface area contributed by atoms with Gasteiger partial charge in [0.05, 0.1) is 12.1 Å². The first-order valence-corrected chi connectivity index (χ1v) is 9.28. The van der Waals surface area contributed by atoms with Crippen LogP contribution in [0.25, 0.3) is 23.5 Å². The minimum absolute atomic E-state index is 0.172. The Morgan fingerprint density at radius 3 is 2.36 bits per heavy atom. The number of phenols is 1. The summed E-state index contributed by atoms with van der Waals surface area (Å²) in [5, 5.41) is 15.6. The van der Waals surface area contributed by atoms with Gasteiger partial charge in [0.15, 0.2) is 11.6 Å². The highest BCUT2D eigenvalue weighted by atomic mass is 35.5. The number of aromatic hydroxyl groups is 1. The van der Waals surface area contributed by atoms with Crippen LogP contribution in [-0.2, 0) is 6.54 Å². The quantitative estimate of drug-likeness (QED) is 0.490. The average Bonchev–Trinajstić information content (AvgIpc) is 3.11. The monoisotopic (exact) mass is 387 g/mol. The fourth-order valence-electron chi connectivity index (χ4n) is 2.93. The van der Waals surface area contributed by atoms with Gasteiger partial charge in [0, 0.05) is 5.02 Å². The van der Waals surface area contributed by atoms with E-state index in [2.05, 4.69) is 10.1 Å². The molecule has 0 aliphatic carbocycles. The Morgan fingerprint density at radius 1 is 0.857 bits per heavy atom. The van der Waals surface area contributed by atoms with Gasteiger partial charge in [-0.1, -0.05) is 72.3 Å². The predicted molar refractivity (Wildman–Crippen MR) is 113 cm³/mol. The molecule has 0 saturated heterocycles. The van der Waals surface area contributed by atoms with Crippen LogP contribution in [0.2, 0.25) is 5.02 Å². The summed E-state index contributed by atoms with van der Waals surface area (Å²) in [6.07, 6.45) is 3.71. The summed E-state index contributed by atoms with van der Waals surface area (Å²) in [5.41, 5.74) is 2.64. The van der Waals surface area contributed by atoms with Crippen molar-refractivity contribution in [2.24, 2.45) is 0 Å². The van der Waals surface area contributed by atoms with Crippen molar-refractivity contribution in [3.63, 3.8) is 0 Å². The fraction of sp³-hybridized carbons (Fsp3) is 0.0435. The first-order valence-electron chi connectivity index (χ1n) is 8.90. The molecule has 138 valence electrons. The Balaban J connectivity index is 1.74. The Kier molecular flexibility index (Phi) is 5.22. The van der Waals surface area contributed by atoms with E-state index in [1.54, 1.807) is 16.8 Å². The maximum atomic E-state index is 10.3. The maximum Gasteiger partial charge on any atom is 0.174 e. The summed E-state index contributed by atoms with van der Waals surface area (Å²) in [7, 11) is 0. The molecule has 4 rings (SSSR count). The van der Waals surface area contributed by atoms with E-state index in [1.165, 1.54) is 0 Å². The second-order valence-electron chi connectivity index (χ2n) is 6.31. The van der Waals surface area contributed by atoms with Gasteiger partial charge in [-0.15, -0.1) is 0 Å². The molecule has 0 radical (unpaired) electrons. The molecular formula is C23H18ClN3O. The zero-order chi connectivity index (χ0) is 19.3. The first-order chi connectivity index (χ1) is 13.7. The summed E-state index contributed by atoms with van der Waals surface area (Å²) in [5.74, 6) is 1.33. The lowest BCUT2D eigenvalue weighted by atomic mass is 10.2. The molecule has 0 amide bonds. The molecule has 28 heavy (non-hydrogen) atoms. The predicted octanol–water partition coefficient (Wildman–Crippen LogP) is 5.52. The fourth-order valence-corrected chi connectivity index (χ4v) is 3.13. The molecule has 0 unspecified atom stereocenters. The Hall–Kier alpha value is -3.37. The highest BCUT2D eigenvalue weighted by molar-refractivity contribution is 6.32. The van der Waals surface area contributed by atoms with Gasteiger partial charge in [-0.2, -0.15) is 5.10 Å². The van der Waals surface area contributed by atoms with Gasteiger partial charge in [-0.25, -0.2) is 9.67 Å². The number of nitrogens with zero attached hydrogens (tertiary/aromatic N) is 3. The van der Waals surface area contributed by atoms with E-state index in [-0.39, 0.29) is 5.75 Å². The van der Waals surface area contributed by atoms with Crippen molar-refractivity contribution in [3.05, 3.63) is 101 Å². The van der Waals surface area contributed by atoms with Crippen molar-refractivity contribution < 1.29 is 5.11 Å². The molecule has 0 aliphatic heterocycles. The highest BCUT2D eigenvalue weighted by Gasteiger charge is 2.14. The van der Waals surface area contributed by atoms with Crippen LogP contribution in [0, 0.1) is 0 Å². The molecule has 3 aromatic carbocycles. The van der Waals surface area contributed by atoms with Gasteiger partial charge < -0.3 is 5.11 Å². The summed E-state index contributed by atoms with van der Waals surface area (Å²) < 4.78 is 1.80. The molecule has 0 fully saturated rings. The number of phenolic OH excluding ortho intramolecular Hbond substituents is 1. The third kappa shape index (κ3) is 3.97. The smallest absolute Gasteiger partial charge is 0.174 e. The van der Waals surface area contributed by atoms with Crippen molar-refractivity contribution in [2.75, 3.05) is 0 Å². The van der Waals surface area contributed by atoms with Gasteiger partial charge in [-0.3, -0.25) is 0 Å². The number of hydrogen-bond acceptors (Lipinski definition) is 3. The van der Waals surface area contributed by atoms with Crippen molar-refractivity contribution in [3.8, 4) is 17.1 Å². The number of benzene rings is 3. The zero-order valence-corrected chi connectivity index (χ0v) is 15.8. The second kappa shape index (κ2) is 8.11. The molecule has 1 heterocycles. The van der Waals surface area contributed by atoms with Crippen LogP contribution in [0.15, 0.2) is 78.9 Å². The van der Waals surface area contributed by atoms with Crippen LogP contribution in [0.4, 0.5) is 0 Å². The van der Waals surface area contributed by atoms with Crippen LogP contribution < -0.4 is 0 Å². The zero-order valence-electron chi connectivity index (χ0n) is 15.0. The summed E-state index contributed by atoms with van der Waals surface area (Å²) in [6, 6.07) is 24.8. The van der Waals surface area contributed by atoms with Crippen molar-refractivity contribution in [1.82, 2.24) is 14.8 Å². The van der Waals surface area contributed by atoms with Gasteiger partial charge in [0.1, 0.15) is 5.75 Å². The van der Waals surface area contributed by atoms with E-state index >= 15 is 0 Å². The number of rotatable bonds is 5. The molecule has 4 nitrogen and oxygen atoms in total. The van der Waals surface area contributed by atoms with Gasteiger partial charge in [0.25, 0.3) is 0 Å². The van der Waals surface area contributed by atoms with Gasteiger partial charge >= 0.3 is 0 Å². The van der Waals surface area contributed by atoms with E-state index in [0.29, 0.717) is 28.8 Å². The van der Waals surface area contributed by atoms with E-state index in [0.717, 1.165) is 11.1 Å². The molecule has 1 aromatic heterocycles. The van der Waals surface area contributed by atoms with E-state index in [9.17, 15) is 5.11 Å². The molecule has 0 bridgehead atoms. The topological polar surface area (TPSA) is 50.9 Å². The van der Waals surface area contributed by atoms with Crippen molar-refractivity contribution >= 4 is 23.8 Å². The summed E-state index contributed by atoms with van der Waals surface area (Å²) in [6.45, 7) is 0.553. The van der Waals surface area contributed by atoms with Crippen molar-refractivity contribution in [2.45, 2.75) is 6.54 Å². The number of halogens is 1. The van der Waals surface area contributed by atoms with Crippen LogP contribution in [0.5, 0.6) is 5.75 Å². The maximum absolute atomic E-state index is 10.3. The molecule has 4 aromatic rings. The summed E-state index contributed by atoms with van der Waals surface area (Å²) >= 11 is 6.22. The highest BCUT2D eigenvalue weighted by Crippen LogP contribution is 2.28. The van der Waals surface area contributed by atoms with Crippen LogP contribution in [0.3, 0.4) is 0 Å². The minimum atomic E-state index is 0.172. The Morgan fingerprint density at radius 2 is 1.57 bits per heavy atom. The third-order valence-corrected chi connectivity index (χ3v) is 4.67.